The third-order valence-electron chi connectivity index (χ3n) is 4.67. The summed E-state index contributed by atoms with van der Waals surface area (Å²) in [6.07, 6.45) is 12.4. The molecule has 0 aromatic carbocycles. The molecule has 2 aliphatic rings. The average molecular weight is 344 g/mol. The largest absolute Gasteiger partial charge is 0.344 e. The molecule has 3 rings (SSSR count). The molecule has 1 aromatic heterocycles. The number of nitriles is 1. The quantitative estimate of drug-likeness (QED) is 0.599. The van der Waals surface area contributed by atoms with Crippen LogP contribution < -0.4 is 0 Å². The zero-order valence-corrected chi connectivity index (χ0v) is 15.1. The second-order valence-corrected chi connectivity index (χ2v) is 6.50. The van der Waals surface area contributed by atoms with Gasteiger partial charge in [0.25, 0.3) is 0 Å². The highest BCUT2D eigenvalue weighted by atomic mass is 15.3. The van der Waals surface area contributed by atoms with Crippen molar-refractivity contribution in [2.45, 2.75) is 44.3 Å². The fourth-order valence-electron chi connectivity index (χ4n) is 3.17. The molecule has 1 fully saturated rings. The smallest absolute Gasteiger partial charge is 0.133 e. The van der Waals surface area contributed by atoms with E-state index < -0.39 is 0 Å². The SMILES string of the molecule is C=CC1N=C(c2cccccc(CC)cnc2)N(C2CC2)C1/C=C/C#N. The molecule has 2 heterocycles. The van der Waals surface area contributed by atoms with Crippen molar-refractivity contribution < 1.29 is 0 Å². The second kappa shape index (κ2) is 8.44. The van der Waals surface area contributed by atoms with Gasteiger partial charge in [-0.25, -0.2) is 0 Å². The first kappa shape index (κ1) is 17.9. The lowest BCUT2D eigenvalue weighted by atomic mass is 10.1. The van der Waals surface area contributed by atoms with Gasteiger partial charge in [-0.2, -0.15) is 5.26 Å². The van der Waals surface area contributed by atoms with Crippen molar-refractivity contribution in [2.24, 2.45) is 4.99 Å². The standard InChI is InChI=1S/C22H24N4/c1-3-17-9-6-5-7-10-18(16-24-15-17)22-25-20(4-2)21(11-8-14-23)26(22)19-12-13-19/h4-11,15-16,19-21H,2-3,12-13H2,1H3/b6-5?,7-5?,9-6?,10-7?,11-8+,17-9?,17-15?,18-10?,18-16?,24-15?,24-16?. The molecule has 0 saturated heterocycles. The molecule has 4 nitrogen and oxygen atoms in total. The maximum Gasteiger partial charge on any atom is 0.133 e. The fourth-order valence-corrected chi connectivity index (χ4v) is 3.17. The van der Waals surface area contributed by atoms with E-state index in [1.54, 1.807) is 6.08 Å². The van der Waals surface area contributed by atoms with Crippen molar-refractivity contribution >= 4 is 5.84 Å². The molecule has 26 heavy (non-hydrogen) atoms. The van der Waals surface area contributed by atoms with Crippen LogP contribution in [0.25, 0.3) is 0 Å². The van der Waals surface area contributed by atoms with Crippen LogP contribution >= 0.6 is 0 Å². The summed E-state index contributed by atoms with van der Waals surface area (Å²) >= 11 is 0. The van der Waals surface area contributed by atoms with Crippen molar-refractivity contribution in [3.05, 3.63) is 78.7 Å². The Labute approximate surface area is 155 Å². The van der Waals surface area contributed by atoms with E-state index in [9.17, 15) is 0 Å². The van der Waals surface area contributed by atoms with E-state index in [4.69, 9.17) is 10.3 Å². The monoisotopic (exact) mass is 344 g/mol. The summed E-state index contributed by atoms with van der Waals surface area (Å²) in [5.41, 5.74) is 2.16. The number of rotatable bonds is 5. The lowest BCUT2D eigenvalue weighted by molar-refractivity contribution is 0.362. The maximum atomic E-state index is 8.94. The normalized spacial score (nSPS) is 21.8. The van der Waals surface area contributed by atoms with Crippen LogP contribution in [-0.2, 0) is 6.42 Å². The van der Waals surface area contributed by atoms with Gasteiger partial charge in [0, 0.05) is 30.1 Å². The van der Waals surface area contributed by atoms with Crippen LogP contribution in [-0.4, -0.2) is 33.8 Å². The van der Waals surface area contributed by atoms with Gasteiger partial charge in [0.15, 0.2) is 0 Å². The van der Waals surface area contributed by atoms with E-state index in [1.807, 2.05) is 48.8 Å². The summed E-state index contributed by atoms with van der Waals surface area (Å²) in [6, 6.07) is 12.8. The Morgan fingerprint density at radius 1 is 1.27 bits per heavy atom. The summed E-state index contributed by atoms with van der Waals surface area (Å²) in [4.78, 5) is 11.8. The van der Waals surface area contributed by atoms with Gasteiger partial charge in [0.05, 0.1) is 18.2 Å². The average Bonchev–Trinajstić information content (AvgIpc) is 3.44. The number of aryl methyl sites for hydroxylation is 1. The van der Waals surface area contributed by atoms with Gasteiger partial charge in [0.2, 0.25) is 0 Å². The van der Waals surface area contributed by atoms with Gasteiger partial charge in [-0.1, -0.05) is 37.3 Å². The summed E-state index contributed by atoms with van der Waals surface area (Å²) in [5.74, 6) is 0.939. The molecule has 1 saturated carbocycles. The topological polar surface area (TPSA) is 52.3 Å². The van der Waals surface area contributed by atoms with Gasteiger partial charge in [-0.05, 0) is 37.0 Å². The van der Waals surface area contributed by atoms with Crippen LogP contribution in [0.5, 0.6) is 0 Å². The molecule has 0 spiro atoms. The van der Waals surface area contributed by atoms with E-state index >= 15 is 0 Å². The van der Waals surface area contributed by atoms with Crippen molar-refractivity contribution in [2.75, 3.05) is 0 Å². The molecule has 0 amide bonds. The summed E-state index contributed by atoms with van der Waals surface area (Å²) < 4.78 is 0. The molecule has 1 aromatic rings. The van der Waals surface area contributed by atoms with Crippen LogP contribution in [0.4, 0.5) is 0 Å². The van der Waals surface area contributed by atoms with Crippen molar-refractivity contribution in [1.82, 2.24) is 9.88 Å². The van der Waals surface area contributed by atoms with E-state index in [2.05, 4.69) is 35.5 Å². The molecule has 2 atom stereocenters. The Morgan fingerprint density at radius 2 is 2.08 bits per heavy atom. The number of nitrogens with zero attached hydrogens (tertiary/aromatic N) is 4. The Morgan fingerprint density at radius 3 is 2.77 bits per heavy atom. The number of amidine groups is 1. The van der Waals surface area contributed by atoms with Gasteiger partial charge < -0.3 is 4.90 Å². The number of allylic oxidation sites excluding steroid dienone is 1. The third-order valence-corrected chi connectivity index (χ3v) is 4.67. The van der Waals surface area contributed by atoms with E-state index in [0.717, 1.165) is 30.7 Å². The Hall–Kier alpha value is -2.93. The highest BCUT2D eigenvalue weighted by molar-refractivity contribution is 6.00. The van der Waals surface area contributed by atoms with Crippen molar-refractivity contribution in [3.63, 3.8) is 0 Å². The predicted molar refractivity (Wildman–Crippen MR) is 105 cm³/mol. The molecule has 4 heteroatoms. The first-order valence-corrected chi connectivity index (χ1v) is 9.11. The molecule has 132 valence electrons. The lowest BCUT2D eigenvalue weighted by Crippen LogP contribution is -2.40. The number of aliphatic imine (C=N–C) groups is 1. The Bertz CT molecular complexity index is 813. The Balaban J connectivity index is 2.04. The van der Waals surface area contributed by atoms with E-state index in [1.165, 1.54) is 5.56 Å². The summed E-state index contributed by atoms with van der Waals surface area (Å²) in [5, 5.41) is 8.94. The zero-order valence-electron chi connectivity index (χ0n) is 15.1. The second-order valence-electron chi connectivity index (χ2n) is 6.50. The highest BCUT2D eigenvalue weighted by Crippen LogP contribution is 2.35. The third kappa shape index (κ3) is 4.00. The van der Waals surface area contributed by atoms with Crippen LogP contribution in [0.1, 0.15) is 30.9 Å². The van der Waals surface area contributed by atoms with Crippen LogP contribution in [0, 0.1) is 11.3 Å². The minimum Gasteiger partial charge on any atom is -0.344 e. The molecule has 0 bridgehead atoms. The van der Waals surface area contributed by atoms with Crippen molar-refractivity contribution in [3.8, 4) is 6.07 Å². The molecule has 0 radical (unpaired) electrons. The van der Waals surface area contributed by atoms with Gasteiger partial charge in [-0.3, -0.25) is 9.98 Å². The highest BCUT2D eigenvalue weighted by Gasteiger charge is 2.42. The van der Waals surface area contributed by atoms with Crippen LogP contribution in [0.2, 0.25) is 0 Å². The maximum absolute atomic E-state index is 8.94. The zero-order chi connectivity index (χ0) is 18.4. The first-order chi connectivity index (χ1) is 12.8. The fraction of sp³-hybridized carbons (Fsp3) is 0.318. The van der Waals surface area contributed by atoms with Crippen LogP contribution in [0.3, 0.4) is 0 Å². The minimum absolute atomic E-state index is 0.0463. The van der Waals surface area contributed by atoms with Crippen molar-refractivity contribution in [1.29, 1.82) is 5.26 Å². The molecule has 0 N–H and O–H groups in total. The van der Waals surface area contributed by atoms with E-state index in [-0.39, 0.29) is 12.1 Å². The van der Waals surface area contributed by atoms with Gasteiger partial charge in [-0.15, -0.1) is 6.58 Å². The molecular weight excluding hydrogens is 320 g/mol. The number of hydrogen-bond donors (Lipinski definition) is 0. The number of hydrogen-bond acceptors (Lipinski definition) is 4. The Kier molecular flexibility index (Phi) is 5.80. The van der Waals surface area contributed by atoms with E-state index in [0.29, 0.717) is 6.04 Å². The van der Waals surface area contributed by atoms with Gasteiger partial charge >= 0.3 is 0 Å². The molecule has 2 unspecified atom stereocenters. The van der Waals surface area contributed by atoms with Crippen LogP contribution in [0.15, 0.2) is 72.5 Å². The van der Waals surface area contributed by atoms with Gasteiger partial charge in [0.1, 0.15) is 5.84 Å². The molecular formula is C22H24N4. The minimum atomic E-state index is -0.0504. The number of aromatic nitrogens is 1. The first-order valence-electron chi connectivity index (χ1n) is 9.11. The lowest BCUT2D eigenvalue weighted by Gasteiger charge is -2.27. The predicted octanol–water partition coefficient (Wildman–Crippen LogP) is 4.00. The summed E-state index contributed by atoms with van der Waals surface area (Å²) in [7, 11) is 0. The summed E-state index contributed by atoms with van der Waals surface area (Å²) in [6.45, 7) is 6.06. The molecule has 1 aliphatic heterocycles. The molecule has 1 aliphatic carbocycles.